The fraction of sp³-hybridized carbons (Fsp3) is 0. The molecular weight excluding hydrogens is 237 g/mol. The van der Waals surface area contributed by atoms with Gasteiger partial charge in [-0.25, -0.2) is 9.18 Å². The van der Waals surface area contributed by atoms with E-state index in [9.17, 15) is 14.3 Å². The molecule has 0 saturated carbocycles. The molecule has 0 heterocycles. The molecule has 2 aromatic carbocycles. The van der Waals surface area contributed by atoms with Crippen molar-refractivity contribution < 1.29 is 19.4 Å². The van der Waals surface area contributed by atoms with Crippen LogP contribution in [0, 0.1) is 5.82 Å². The molecular formula is C13H10FNO3. The van der Waals surface area contributed by atoms with E-state index in [2.05, 4.69) is 0 Å². The van der Waals surface area contributed by atoms with Gasteiger partial charge in [0, 0.05) is 11.3 Å². The van der Waals surface area contributed by atoms with Crippen LogP contribution in [0.2, 0.25) is 0 Å². The quantitative estimate of drug-likeness (QED) is 0.712. The molecule has 0 spiro atoms. The van der Waals surface area contributed by atoms with Crippen LogP contribution in [0.3, 0.4) is 0 Å². The number of phenols is 1. The summed E-state index contributed by atoms with van der Waals surface area (Å²) in [6, 6.07) is 8.02. The van der Waals surface area contributed by atoms with Crippen LogP contribution in [0.5, 0.6) is 5.75 Å². The lowest BCUT2D eigenvalue weighted by Crippen LogP contribution is -1.97. The minimum atomic E-state index is -1.25. The van der Waals surface area contributed by atoms with Crippen molar-refractivity contribution >= 4 is 11.7 Å². The van der Waals surface area contributed by atoms with Gasteiger partial charge in [-0.15, -0.1) is 0 Å². The van der Waals surface area contributed by atoms with Gasteiger partial charge in [-0.05, 0) is 29.8 Å². The first kappa shape index (κ1) is 11.9. The van der Waals surface area contributed by atoms with Crippen molar-refractivity contribution in [3.8, 4) is 16.9 Å². The molecule has 4 nitrogen and oxygen atoms in total. The summed E-state index contributed by atoms with van der Waals surface area (Å²) in [5.74, 6) is -2.21. The Hall–Kier alpha value is -2.56. The van der Waals surface area contributed by atoms with Gasteiger partial charge in [0.2, 0.25) is 0 Å². The zero-order valence-corrected chi connectivity index (χ0v) is 9.22. The fourth-order valence-corrected chi connectivity index (χ4v) is 1.72. The number of para-hydroxylation sites is 1. The van der Waals surface area contributed by atoms with E-state index < -0.39 is 17.5 Å². The van der Waals surface area contributed by atoms with Crippen molar-refractivity contribution in [2.24, 2.45) is 0 Å². The van der Waals surface area contributed by atoms with Crippen LogP contribution >= 0.6 is 0 Å². The number of aromatic carboxylic acids is 1. The average Bonchev–Trinajstić information content (AvgIpc) is 2.27. The Kier molecular flexibility index (Phi) is 2.89. The summed E-state index contributed by atoms with van der Waals surface area (Å²) < 4.78 is 13.2. The molecule has 0 saturated heterocycles. The van der Waals surface area contributed by atoms with Crippen LogP contribution < -0.4 is 5.73 Å². The van der Waals surface area contributed by atoms with Gasteiger partial charge in [0.05, 0.1) is 0 Å². The summed E-state index contributed by atoms with van der Waals surface area (Å²) in [5.41, 5.74) is 6.02. The van der Waals surface area contributed by atoms with Crippen LogP contribution in [0.1, 0.15) is 10.4 Å². The summed E-state index contributed by atoms with van der Waals surface area (Å²) in [7, 11) is 0. The molecule has 0 aromatic heterocycles. The molecule has 0 fully saturated rings. The van der Waals surface area contributed by atoms with Gasteiger partial charge in [-0.1, -0.05) is 12.1 Å². The Morgan fingerprint density at radius 2 is 1.94 bits per heavy atom. The van der Waals surface area contributed by atoms with Crippen LogP contribution in [0.25, 0.3) is 11.1 Å². The largest absolute Gasteiger partial charge is 0.506 e. The van der Waals surface area contributed by atoms with Gasteiger partial charge < -0.3 is 15.9 Å². The number of nitrogens with two attached hydrogens (primary N) is 1. The first-order valence-corrected chi connectivity index (χ1v) is 5.11. The zero-order valence-electron chi connectivity index (χ0n) is 9.22. The Morgan fingerprint density at radius 3 is 2.56 bits per heavy atom. The number of rotatable bonds is 2. The van der Waals surface area contributed by atoms with Crippen LogP contribution in [-0.2, 0) is 0 Å². The maximum Gasteiger partial charge on any atom is 0.339 e. The molecule has 0 amide bonds. The number of hydrogen-bond acceptors (Lipinski definition) is 3. The molecule has 5 heteroatoms. The summed E-state index contributed by atoms with van der Waals surface area (Å²) in [6.45, 7) is 0. The van der Waals surface area contributed by atoms with E-state index in [1.54, 1.807) is 0 Å². The molecule has 0 bridgehead atoms. The number of carbonyl (C=O) groups is 1. The van der Waals surface area contributed by atoms with Crippen molar-refractivity contribution in [2.45, 2.75) is 0 Å². The van der Waals surface area contributed by atoms with Crippen molar-refractivity contribution in [1.29, 1.82) is 0 Å². The topological polar surface area (TPSA) is 83.6 Å². The molecule has 0 aliphatic rings. The third-order valence-corrected chi connectivity index (χ3v) is 2.50. The number of anilines is 1. The molecule has 2 aromatic rings. The van der Waals surface area contributed by atoms with Gasteiger partial charge in [-0.2, -0.15) is 0 Å². The Labute approximate surface area is 102 Å². The van der Waals surface area contributed by atoms with Gasteiger partial charge in [0.15, 0.2) is 0 Å². The van der Waals surface area contributed by atoms with E-state index in [1.807, 2.05) is 0 Å². The number of carboxylic acid groups (broad SMARTS) is 1. The lowest BCUT2D eigenvalue weighted by molar-refractivity contribution is 0.0694. The Bertz CT molecular complexity index is 605. The average molecular weight is 247 g/mol. The third kappa shape index (κ3) is 2.10. The predicted molar refractivity (Wildman–Crippen MR) is 64.9 cm³/mol. The second-order valence-electron chi connectivity index (χ2n) is 3.78. The molecule has 0 aliphatic heterocycles. The number of hydrogen-bond donors (Lipinski definition) is 3. The predicted octanol–water partition coefficient (Wildman–Crippen LogP) is 2.48. The standard InChI is InChI=1S/C13H10FNO3/c14-8-4-7(5-9(15)6-8)10-2-1-3-11(12(10)16)13(17)18/h1-6,16H,15H2,(H,17,18). The van der Waals surface area contributed by atoms with E-state index in [-0.39, 0.29) is 16.8 Å². The van der Waals surface area contributed by atoms with Crippen molar-refractivity contribution in [3.05, 3.63) is 47.8 Å². The lowest BCUT2D eigenvalue weighted by Gasteiger charge is -2.08. The number of carboxylic acids is 1. The molecule has 0 aliphatic carbocycles. The maximum absolute atomic E-state index is 13.2. The highest BCUT2D eigenvalue weighted by atomic mass is 19.1. The van der Waals surface area contributed by atoms with Gasteiger partial charge in [0.25, 0.3) is 0 Å². The van der Waals surface area contributed by atoms with Crippen molar-refractivity contribution in [3.63, 3.8) is 0 Å². The summed E-state index contributed by atoms with van der Waals surface area (Å²) in [4.78, 5) is 10.9. The molecule has 92 valence electrons. The Balaban J connectivity index is 2.64. The lowest BCUT2D eigenvalue weighted by atomic mass is 10.0. The number of nitrogen functional groups attached to an aromatic ring is 1. The molecule has 2 rings (SSSR count). The number of halogens is 1. The fourth-order valence-electron chi connectivity index (χ4n) is 1.72. The SMILES string of the molecule is Nc1cc(F)cc(-c2cccc(C(=O)O)c2O)c1. The van der Waals surface area contributed by atoms with Crippen molar-refractivity contribution in [2.75, 3.05) is 5.73 Å². The first-order valence-electron chi connectivity index (χ1n) is 5.11. The molecule has 4 N–H and O–H groups in total. The minimum Gasteiger partial charge on any atom is -0.506 e. The molecule has 0 atom stereocenters. The summed E-state index contributed by atoms with van der Waals surface area (Å²) >= 11 is 0. The minimum absolute atomic E-state index is 0.199. The zero-order chi connectivity index (χ0) is 13.3. The van der Waals surface area contributed by atoms with E-state index in [4.69, 9.17) is 10.8 Å². The summed E-state index contributed by atoms with van der Waals surface area (Å²) in [6.07, 6.45) is 0. The van der Waals surface area contributed by atoms with Gasteiger partial charge >= 0.3 is 5.97 Å². The molecule has 0 unspecified atom stereocenters. The highest BCUT2D eigenvalue weighted by Gasteiger charge is 2.14. The highest BCUT2D eigenvalue weighted by Crippen LogP contribution is 2.33. The van der Waals surface area contributed by atoms with Crippen LogP contribution in [0.15, 0.2) is 36.4 Å². The second-order valence-corrected chi connectivity index (χ2v) is 3.78. The van der Waals surface area contributed by atoms with Crippen LogP contribution in [0.4, 0.5) is 10.1 Å². The second kappa shape index (κ2) is 4.37. The maximum atomic E-state index is 13.2. The van der Waals surface area contributed by atoms with E-state index in [1.165, 1.54) is 30.3 Å². The first-order chi connectivity index (χ1) is 8.49. The monoisotopic (exact) mass is 247 g/mol. The molecule has 18 heavy (non-hydrogen) atoms. The van der Waals surface area contributed by atoms with Crippen molar-refractivity contribution in [1.82, 2.24) is 0 Å². The van der Waals surface area contributed by atoms with E-state index in [0.717, 1.165) is 6.07 Å². The number of aromatic hydroxyl groups is 1. The van der Waals surface area contributed by atoms with E-state index >= 15 is 0 Å². The smallest absolute Gasteiger partial charge is 0.339 e. The third-order valence-electron chi connectivity index (χ3n) is 2.50. The summed E-state index contributed by atoms with van der Waals surface area (Å²) in [5, 5.41) is 18.7. The van der Waals surface area contributed by atoms with Gasteiger partial charge in [0.1, 0.15) is 17.1 Å². The normalized spacial score (nSPS) is 10.3. The molecule has 0 radical (unpaired) electrons. The highest BCUT2D eigenvalue weighted by molar-refractivity contribution is 5.94. The van der Waals surface area contributed by atoms with Crippen LogP contribution in [-0.4, -0.2) is 16.2 Å². The van der Waals surface area contributed by atoms with Gasteiger partial charge in [-0.3, -0.25) is 0 Å². The van der Waals surface area contributed by atoms with E-state index in [0.29, 0.717) is 5.56 Å². The Morgan fingerprint density at radius 1 is 1.22 bits per heavy atom. The number of benzene rings is 2.